The second-order valence-corrected chi connectivity index (χ2v) is 8.28. The smallest absolute Gasteiger partial charge is 0.246 e. The molecule has 1 amide bonds. The molecular weight excluding hydrogens is 382 g/mol. The van der Waals surface area contributed by atoms with Crippen LogP contribution in [0, 0.1) is 27.7 Å². The van der Waals surface area contributed by atoms with Crippen LogP contribution in [0.3, 0.4) is 0 Å². The predicted molar refractivity (Wildman–Crippen MR) is 105 cm³/mol. The van der Waals surface area contributed by atoms with E-state index in [2.05, 4.69) is 15.2 Å². The number of nitrogens with one attached hydrogen (secondary N) is 2. The van der Waals surface area contributed by atoms with E-state index in [0.717, 1.165) is 16.9 Å². The van der Waals surface area contributed by atoms with E-state index >= 15 is 0 Å². The molecule has 0 aliphatic carbocycles. The third kappa shape index (κ3) is 5.80. The SMILES string of the molecule is Cc1cccc(C)c1OCCCC(=O)NCCNS(=O)(=O)c1c(C)noc1C. The van der Waals surface area contributed by atoms with Gasteiger partial charge in [0.05, 0.1) is 6.61 Å². The van der Waals surface area contributed by atoms with Crippen LogP contribution in [0.1, 0.15) is 35.4 Å². The zero-order valence-electron chi connectivity index (χ0n) is 16.7. The summed E-state index contributed by atoms with van der Waals surface area (Å²) in [6, 6.07) is 5.95. The molecule has 28 heavy (non-hydrogen) atoms. The number of para-hydroxylation sites is 1. The lowest BCUT2D eigenvalue weighted by molar-refractivity contribution is -0.121. The normalized spacial score (nSPS) is 11.4. The van der Waals surface area contributed by atoms with Crippen molar-refractivity contribution in [2.45, 2.75) is 45.4 Å². The fourth-order valence-electron chi connectivity index (χ4n) is 2.84. The Morgan fingerprint density at radius 2 is 1.82 bits per heavy atom. The van der Waals surface area contributed by atoms with Crippen molar-refractivity contribution in [3.8, 4) is 5.75 Å². The lowest BCUT2D eigenvalue weighted by atomic mass is 10.1. The van der Waals surface area contributed by atoms with E-state index in [1.54, 1.807) is 6.92 Å². The van der Waals surface area contributed by atoms with E-state index < -0.39 is 10.0 Å². The van der Waals surface area contributed by atoms with Crippen LogP contribution in [0.25, 0.3) is 0 Å². The molecule has 9 heteroatoms. The number of hydrogen-bond acceptors (Lipinski definition) is 6. The number of nitrogens with zero attached hydrogens (tertiary/aromatic N) is 1. The molecule has 0 unspecified atom stereocenters. The maximum Gasteiger partial charge on any atom is 0.246 e. The molecule has 0 saturated heterocycles. The summed E-state index contributed by atoms with van der Waals surface area (Å²) in [7, 11) is -3.71. The average molecular weight is 410 g/mol. The number of sulfonamides is 1. The van der Waals surface area contributed by atoms with Crippen molar-refractivity contribution in [2.75, 3.05) is 19.7 Å². The van der Waals surface area contributed by atoms with Crippen LogP contribution < -0.4 is 14.8 Å². The van der Waals surface area contributed by atoms with E-state index in [-0.39, 0.29) is 29.7 Å². The molecule has 2 aromatic rings. The molecule has 0 aliphatic rings. The van der Waals surface area contributed by atoms with Crippen LogP contribution in [0.15, 0.2) is 27.6 Å². The Kier molecular flexibility index (Phi) is 7.59. The summed E-state index contributed by atoms with van der Waals surface area (Å²) in [5.74, 6) is 0.941. The van der Waals surface area contributed by atoms with Crippen molar-refractivity contribution in [3.63, 3.8) is 0 Å². The number of carbonyl (C=O) groups excluding carboxylic acids is 1. The van der Waals surface area contributed by atoms with Gasteiger partial charge in [-0.15, -0.1) is 0 Å². The first kappa shape index (κ1) is 21.9. The van der Waals surface area contributed by atoms with Crippen LogP contribution in [-0.2, 0) is 14.8 Å². The monoisotopic (exact) mass is 409 g/mol. The fourth-order valence-corrected chi connectivity index (χ4v) is 4.20. The van der Waals surface area contributed by atoms with Crippen molar-refractivity contribution in [1.29, 1.82) is 0 Å². The number of aryl methyl sites for hydroxylation is 4. The second kappa shape index (κ2) is 9.70. The molecule has 2 rings (SSSR count). The molecule has 2 N–H and O–H groups in total. The first-order valence-corrected chi connectivity index (χ1v) is 10.6. The summed E-state index contributed by atoms with van der Waals surface area (Å²) in [4.78, 5) is 11.9. The Morgan fingerprint density at radius 1 is 1.14 bits per heavy atom. The maximum absolute atomic E-state index is 12.2. The highest BCUT2D eigenvalue weighted by atomic mass is 32.2. The lowest BCUT2D eigenvalue weighted by Gasteiger charge is -2.12. The summed E-state index contributed by atoms with van der Waals surface area (Å²) >= 11 is 0. The highest BCUT2D eigenvalue weighted by molar-refractivity contribution is 7.89. The molecule has 0 saturated carbocycles. The summed E-state index contributed by atoms with van der Waals surface area (Å²) in [6.45, 7) is 7.79. The van der Waals surface area contributed by atoms with Crippen molar-refractivity contribution < 1.29 is 22.5 Å². The summed E-state index contributed by atoms with van der Waals surface area (Å²) in [5.41, 5.74) is 2.43. The van der Waals surface area contributed by atoms with Gasteiger partial charge in [-0.3, -0.25) is 4.79 Å². The summed E-state index contributed by atoms with van der Waals surface area (Å²) in [5, 5.41) is 6.33. The molecule has 8 nitrogen and oxygen atoms in total. The molecule has 1 aromatic heterocycles. The van der Waals surface area contributed by atoms with E-state index in [9.17, 15) is 13.2 Å². The number of hydrogen-bond donors (Lipinski definition) is 2. The van der Waals surface area contributed by atoms with Crippen molar-refractivity contribution in [3.05, 3.63) is 40.8 Å². The molecule has 0 atom stereocenters. The summed E-state index contributed by atoms with van der Waals surface area (Å²) in [6.07, 6.45) is 0.881. The minimum Gasteiger partial charge on any atom is -0.493 e. The molecule has 0 bridgehead atoms. The minimum absolute atomic E-state index is 0.0440. The Labute approximate surface area is 165 Å². The first-order chi connectivity index (χ1) is 13.2. The van der Waals surface area contributed by atoms with Gasteiger partial charge in [0.25, 0.3) is 0 Å². The van der Waals surface area contributed by atoms with Crippen LogP contribution in [-0.4, -0.2) is 39.2 Å². The molecule has 1 aromatic carbocycles. The van der Waals surface area contributed by atoms with Crippen LogP contribution in [0.4, 0.5) is 0 Å². The average Bonchev–Trinajstić information content (AvgIpc) is 2.97. The number of rotatable bonds is 10. The highest BCUT2D eigenvalue weighted by Crippen LogP contribution is 2.22. The molecule has 0 aliphatic heterocycles. The molecule has 0 fully saturated rings. The Bertz CT molecular complexity index is 882. The molecule has 154 valence electrons. The minimum atomic E-state index is -3.71. The van der Waals surface area contributed by atoms with Gasteiger partial charge in [-0.2, -0.15) is 0 Å². The third-order valence-electron chi connectivity index (χ3n) is 4.18. The van der Waals surface area contributed by atoms with Gasteiger partial charge in [-0.05, 0) is 45.2 Å². The van der Waals surface area contributed by atoms with Gasteiger partial charge in [0.1, 0.15) is 16.3 Å². The molecule has 1 heterocycles. The van der Waals surface area contributed by atoms with E-state index in [0.29, 0.717) is 25.1 Å². The van der Waals surface area contributed by atoms with E-state index in [1.807, 2.05) is 32.0 Å². The number of aromatic nitrogens is 1. The van der Waals surface area contributed by atoms with Gasteiger partial charge in [0, 0.05) is 19.5 Å². The lowest BCUT2D eigenvalue weighted by Crippen LogP contribution is -2.35. The van der Waals surface area contributed by atoms with Crippen LogP contribution in [0.2, 0.25) is 0 Å². The molecule has 0 radical (unpaired) electrons. The number of carbonyl (C=O) groups is 1. The highest BCUT2D eigenvalue weighted by Gasteiger charge is 2.23. The summed E-state index contributed by atoms with van der Waals surface area (Å²) < 4.78 is 37.6. The fraction of sp³-hybridized carbons (Fsp3) is 0.474. The second-order valence-electron chi connectivity index (χ2n) is 6.57. The van der Waals surface area contributed by atoms with Gasteiger partial charge in [0.15, 0.2) is 5.76 Å². The van der Waals surface area contributed by atoms with Crippen molar-refractivity contribution in [2.24, 2.45) is 0 Å². The Morgan fingerprint density at radius 3 is 2.43 bits per heavy atom. The van der Waals surface area contributed by atoms with Crippen molar-refractivity contribution in [1.82, 2.24) is 15.2 Å². The first-order valence-electron chi connectivity index (χ1n) is 9.10. The van der Waals surface area contributed by atoms with Gasteiger partial charge in [-0.25, -0.2) is 13.1 Å². The van der Waals surface area contributed by atoms with Gasteiger partial charge < -0.3 is 14.6 Å². The third-order valence-corrected chi connectivity index (χ3v) is 5.88. The predicted octanol–water partition coefficient (Wildman–Crippen LogP) is 2.16. The van der Waals surface area contributed by atoms with Crippen molar-refractivity contribution >= 4 is 15.9 Å². The molecule has 0 spiro atoms. The zero-order chi connectivity index (χ0) is 20.7. The van der Waals surface area contributed by atoms with Crippen LogP contribution >= 0.6 is 0 Å². The quantitative estimate of drug-likeness (QED) is 0.582. The van der Waals surface area contributed by atoms with Gasteiger partial charge >= 0.3 is 0 Å². The Hall–Kier alpha value is -2.39. The maximum atomic E-state index is 12.2. The topological polar surface area (TPSA) is 111 Å². The number of benzene rings is 1. The van der Waals surface area contributed by atoms with Gasteiger partial charge in [0.2, 0.25) is 15.9 Å². The Balaban J connectivity index is 1.66. The van der Waals surface area contributed by atoms with E-state index in [1.165, 1.54) is 6.92 Å². The van der Waals surface area contributed by atoms with Gasteiger partial charge in [-0.1, -0.05) is 23.4 Å². The van der Waals surface area contributed by atoms with Crippen LogP contribution in [0.5, 0.6) is 5.75 Å². The molecular formula is C19H27N3O5S. The largest absolute Gasteiger partial charge is 0.493 e. The standard InChI is InChI=1S/C19H27N3O5S/c1-13-7-5-8-14(2)18(13)26-12-6-9-17(23)20-10-11-21-28(24,25)19-15(3)22-27-16(19)4/h5,7-8,21H,6,9-12H2,1-4H3,(H,20,23). The number of amides is 1. The zero-order valence-corrected chi connectivity index (χ0v) is 17.5. The van der Waals surface area contributed by atoms with E-state index in [4.69, 9.17) is 9.26 Å². The number of ether oxygens (including phenoxy) is 1.